The lowest BCUT2D eigenvalue weighted by Crippen LogP contribution is -2.18. The molecule has 0 unspecified atom stereocenters. The van der Waals surface area contributed by atoms with Gasteiger partial charge in [-0.1, -0.05) is 24.3 Å². The Morgan fingerprint density at radius 1 is 1.27 bits per heavy atom. The SMILES string of the molecule is Cc1ccccc1C(=O)C[S+]1CCCC1. The predicted octanol–water partition coefficient (Wildman–Crippen LogP) is 2.59. The van der Waals surface area contributed by atoms with E-state index in [4.69, 9.17) is 0 Å². The van der Waals surface area contributed by atoms with Gasteiger partial charge in [-0.25, -0.2) is 0 Å². The molecule has 0 amide bonds. The second-order valence-corrected chi connectivity index (χ2v) is 6.44. The maximum absolute atomic E-state index is 12.0. The first-order valence-corrected chi connectivity index (χ1v) is 7.23. The van der Waals surface area contributed by atoms with E-state index < -0.39 is 0 Å². The zero-order valence-corrected chi connectivity index (χ0v) is 9.98. The average molecular weight is 221 g/mol. The molecule has 2 heteroatoms. The van der Waals surface area contributed by atoms with Crippen molar-refractivity contribution in [1.29, 1.82) is 0 Å². The first-order chi connectivity index (χ1) is 7.27. The van der Waals surface area contributed by atoms with E-state index >= 15 is 0 Å². The Hall–Kier alpha value is -0.760. The lowest BCUT2D eigenvalue weighted by Gasteiger charge is -2.03. The zero-order valence-electron chi connectivity index (χ0n) is 9.16. The van der Waals surface area contributed by atoms with Crippen LogP contribution >= 0.6 is 0 Å². The summed E-state index contributed by atoms with van der Waals surface area (Å²) in [5.41, 5.74) is 2.04. The maximum atomic E-state index is 12.0. The van der Waals surface area contributed by atoms with Gasteiger partial charge >= 0.3 is 0 Å². The molecule has 1 aromatic rings. The van der Waals surface area contributed by atoms with E-state index in [-0.39, 0.29) is 0 Å². The monoisotopic (exact) mass is 221 g/mol. The van der Waals surface area contributed by atoms with Crippen molar-refractivity contribution in [3.05, 3.63) is 35.4 Å². The number of hydrogen-bond donors (Lipinski definition) is 0. The van der Waals surface area contributed by atoms with E-state index in [0.717, 1.165) is 16.9 Å². The largest absolute Gasteiger partial charge is 0.289 e. The number of carbonyl (C=O) groups is 1. The van der Waals surface area contributed by atoms with Gasteiger partial charge in [-0.05, 0) is 36.2 Å². The standard InChI is InChI=1S/C13H17OS/c1-11-6-2-3-7-12(11)13(14)10-15-8-4-5-9-15/h2-3,6-7H,4-5,8-10H2,1H3/q+1. The van der Waals surface area contributed by atoms with Gasteiger partial charge in [0.2, 0.25) is 5.78 Å². The number of Topliss-reactive ketones (excluding diaryl/α,β-unsaturated/α-hetero) is 1. The van der Waals surface area contributed by atoms with Crippen LogP contribution in [0.15, 0.2) is 24.3 Å². The van der Waals surface area contributed by atoms with E-state index in [1.54, 1.807) is 0 Å². The third kappa shape index (κ3) is 2.63. The van der Waals surface area contributed by atoms with Gasteiger partial charge < -0.3 is 0 Å². The van der Waals surface area contributed by atoms with E-state index in [1.807, 2.05) is 31.2 Å². The summed E-state index contributed by atoms with van der Waals surface area (Å²) in [6, 6.07) is 7.92. The Balaban J connectivity index is 2.04. The van der Waals surface area contributed by atoms with Crippen LogP contribution < -0.4 is 0 Å². The number of rotatable bonds is 3. The highest BCUT2D eigenvalue weighted by Gasteiger charge is 2.27. The van der Waals surface area contributed by atoms with Crippen molar-refractivity contribution in [2.45, 2.75) is 19.8 Å². The van der Waals surface area contributed by atoms with Crippen molar-refractivity contribution in [3.63, 3.8) is 0 Å². The molecular formula is C13H17OS+. The highest BCUT2D eigenvalue weighted by atomic mass is 32.2. The fourth-order valence-corrected chi connectivity index (χ4v) is 4.25. The van der Waals surface area contributed by atoms with E-state index in [9.17, 15) is 4.79 Å². The minimum atomic E-state index is 0.346. The average Bonchev–Trinajstić information content (AvgIpc) is 2.71. The summed E-state index contributed by atoms with van der Waals surface area (Å²) in [7, 11) is 0.384. The fourth-order valence-electron chi connectivity index (χ4n) is 2.01. The van der Waals surface area contributed by atoms with Gasteiger partial charge in [-0.2, -0.15) is 0 Å². The molecule has 15 heavy (non-hydrogen) atoms. The molecule has 0 N–H and O–H groups in total. The Labute approximate surface area is 94.2 Å². The molecule has 2 rings (SSSR count). The molecule has 1 aromatic carbocycles. The molecule has 1 heterocycles. The minimum absolute atomic E-state index is 0.346. The molecule has 0 saturated carbocycles. The van der Waals surface area contributed by atoms with E-state index in [0.29, 0.717) is 16.7 Å². The van der Waals surface area contributed by atoms with E-state index in [2.05, 4.69) is 0 Å². The summed E-state index contributed by atoms with van der Waals surface area (Å²) in [6.07, 6.45) is 2.65. The van der Waals surface area contributed by atoms with E-state index in [1.165, 1.54) is 24.3 Å². The summed E-state index contributed by atoms with van der Waals surface area (Å²) in [5.74, 6) is 3.68. The summed E-state index contributed by atoms with van der Waals surface area (Å²) in [4.78, 5) is 12.0. The maximum Gasteiger partial charge on any atom is 0.212 e. The van der Waals surface area contributed by atoms with Crippen molar-refractivity contribution >= 4 is 16.7 Å². The third-order valence-electron chi connectivity index (χ3n) is 2.90. The number of carbonyl (C=O) groups excluding carboxylic acids is 1. The van der Waals surface area contributed by atoms with Crippen molar-refractivity contribution < 1.29 is 4.79 Å². The van der Waals surface area contributed by atoms with Crippen molar-refractivity contribution in [3.8, 4) is 0 Å². The van der Waals surface area contributed by atoms with Crippen LogP contribution in [0.5, 0.6) is 0 Å². The molecule has 1 aliphatic heterocycles. The Morgan fingerprint density at radius 2 is 1.93 bits per heavy atom. The van der Waals surface area contributed by atoms with Gasteiger partial charge in [-0.3, -0.25) is 4.79 Å². The van der Waals surface area contributed by atoms with Crippen molar-refractivity contribution in [1.82, 2.24) is 0 Å². The molecule has 0 atom stereocenters. The van der Waals surface area contributed by atoms with Crippen LogP contribution in [0.4, 0.5) is 0 Å². The smallest absolute Gasteiger partial charge is 0.212 e. The fraction of sp³-hybridized carbons (Fsp3) is 0.462. The Morgan fingerprint density at radius 3 is 2.60 bits per heavy atom. The Kier molecular flexibility index (Phi) is 3.47. The zero-order chi connectivity index (χ0) is 10.7. The number of aryl methyl sites for hydroxylation is 1. The molecule has 1 aliphatic rings. The second kappa shape index (κ2) is 4.84. The topological polar surface area (TPSA) is 17.1 Å². The summed E-state index contributed by atoms with van der Waals surface area (Å²) >= 11 is 0. The molecule has 1 nitrogen and oxygen atoms in total. The lowest BCUT2D eigenvalue weighted by molar-refractivity contribution is 0.102. The van der Waals surface area contributed by atoms with Gasteiger partial charge in [0.25, 0.3) is 0 Å². The second-order valence-electron chi connectivity index (χ2n) is 4.11. The highest BCUT2D eigenvalue weighted by Crippen LogP contribution is 2.16. The van der Waals surface area contributed by atoms with Gasteiger partial charge in [0.15, 0.2) is 5.75 Å². The molecule has 0 radical (unpaired) electrons. The van der Waals surface area contributed by atoms with Crippen molar-refractivity contribution in [2.24, 2.45) is 0 Å². The first kappa shape index (κ1) is 10.7. The molecule has 80 valence electrons. The molecule has 0 bridgehead atoms. The normalized spacial score (nSPS) is 16.9. The Bertz CT molecular complexity index is 353. The first-order valence-electron chi connectivity index (χ1n) is 5.50. The summed E-state index contributed by atoms with van der Waals surface area (Å²) < 4.78 is 0. The molecule has 0 aromatic heterocycles. The van der Waals surface area contributed by atoms with Crippen LogP contribution in [0.1, 0.15) is 28.8 Å². The molecule has 1 fully saturated rings. The van der Waals surface area contributed by atoms with Gasteiger partial charge in [-0.15, -0.1) is 0 Å². The van der Waals surface area contributed by atoms with Crippen LogP contribution in [0.2, 0.25) is 0 Å². The van der Waals surface area contributed by atoms with Gasteiger partial charge in [0, 0.05) is 5.56 Å². The number of ketones is 1. The number of hydrogen-bond acceptors (Lipinski definition) is 1. The molecule has 0 aliphatic carbocycles. The van der Waals surface area contributed by atoms with Crippen LogP contribution in [0.3, 0.4) is 0 Å². The van der Waals surface area contributed by atoms with Crippen LogP contribution in [0, 0.1) is 6.92 Å². The molecule has 1 saturated heterocycles. The summed E-state index contributed by atoms with van der Waals surface area (Å²) in [6.45, 7) is 2.02. The minimum Gasteiger partial charge on any atom is -0.289 e. The predicted molar refractivity (Wildman–Crippen MR) is 66.7 cm³/mol. The van der Waals surface area contributed by atoms with Crippen LogP contribution in [-0.2, 0) is 10.9 Å². The quantitative estimate of drug-likeness (QED) is 0.566. The highest BCUT2D eigenvalue weighted by molar-refractivity contribution is 7.97. The molecular weight excluding hydrogens is 204 g/mol. The van der Waals surface area contributed by atoms with Crippen molar-refractivity contribution in [2.75, 3.05) is 17.3 Å². The molecule has 0 spiro atoms. The lowest BCUT2D eigenvalue weighted by atomic mass is 10.1. The summed E-state index contributed by atoms with van der Waals surface area (Å²) in [5, 5.41) is 0. The van der Waals surface area contributed by atoms with Gasteiger partial charge in [0.05, 0.1) is 0 Å². The van der Waals surface area contributed by atoms with Crippen LogP contribution in [0.25, 0.3) is 0 Å². The van der Waals surface area contributed by atoms with Gasteiger partial charge in [0.1, 0.15) is 11.5 Å². The number of benzene rings is 1. The third-order valence-corrected chi connectivity index (χ3v) is 5.30. The van der Waals surface area contributed by atoms with Crippen LogP contribution in [-0.4, -0.2) is 23.0 Å².